The van der Waals surface area contributed by atoms with Crippen molar-refractivity contribution < 1.29 is 13.5 Å². The first kappa shape index (κ1) is 14.4. The molecular weight excluding hydrogens is 268 g/mol. The van der Waals surface area contributed by atoms with Gasteiger partial charge in [-0.25, -0.2) is 13.1 Å². The summed E-state index contributed by atoms with van der Waals surface area (Å²) in [7, 11) is -1.65. The highest BCUT2D eigenvalue weighted by Crippen LogP contribution is 2.18. The topological polar surface area (TPSA) is 98.3 Å². The maximum atomic E-state index is 12.3. The van der Waals surface area contributed by atoms with E-state index in [1.165, 1.54) is 0 Å². The first-order valence-electron chi connectivity index (χ1n) is 6.29. The number of aromatic amines is 1. The molecule has 0 amide bonds. The number of H-pyrrole nitrogens is 1. The predicted octanol–water partition coefficient (Wildman–Crippen LogP) is -0.417. The molecule has 8 heteroatoms. The van der Waals surface area contributed by atoms with Gasteiger partial charge in [-0.1, -0.05) is 0 Å². The van der Waals surface area contributed by atoms with Gasteiger partial charge in [0, 0.05) is 17.3 Å². The van der Waals surface area contributed by atoms with Crippen LogP contribution in [0.2, 0.25) is 0 Å². The van der Waals surface area contributed by atoms with Gasteiger partial charge in [0.1, 0.15) is 0 Å². The normalized spacial score (nSPS) is 18.9. The van der Waals surface area contributed by atoms with Crippen LogP contribution >= 0.6 is 0 Å². The van der Waals surface area contributed by atoms with Crippen LogP contribution in [0.1, 0.15) is 24.1 Å². The molecule has 0 unspecified atom stereocenters. The molecule has 0 saturated carbocycles. The van der Waals surface area contributed by atoms with Gasteiger partial charge in [0.15, 0.2) is 5.03 Å². The lowest BCUT2D eigenvalue weighted by molar-refractivity contribution is 0.248. The van der Waals surface area contributed by atoms with Gasteiger partial charge in [-0.2, -0.15) is 5.10 Å². The van der Waals surface area contributed by atoms with Crippen molar-refractivity contribution in [1.82, 2.24) is 19.8 Å². The van der Waals surface area contributed by atoms with Gasteiger partial charge < -0.3 is 10.0 Å². The van der Waals surface area contributed by atoms with E-state index in [1.807, 2.05) is 7.05 Å². The standard InChI is InChI=1S/C11H20N4O3S/c1-8-10(7-16)11(13-12-8)19(17,18)14-9-3-5-15(2)6-4-9/h9,14,16H,3-7H2,1-2H3,(H,12,13). The van der Waals surface area contributed by atoms with Crippen molar-refractivity contribution in [2.24, 2.45) is 0 Å². The summed E-state index contributed by atoms with van der Waals surface area (Å²) < 4.78 is 27.2. The number of aliphatic hydroxyl groups is 1. The number of piperidine rings is 1. The van der Waals surface area contributed by atoms with E-state index in [-0.39, 0.29) is 17.7 Å². The fraction of sp³-hybridized carbons (Fsp3) is 0.727. The fourth-order valence-electron chi connectivity index (χ4n) is 2.24. The third-order valence-electron chi connectivity index (χ3n) is 3.49. The maximum Gasteiger partial charge on any atom is 0.260 e. The molecule has 1 aromatic rings. The van der Waals surface area contributed by atoms with Crippen LogP contribution in [0.4, 0.5) is 0 Å². The van der Waals surface area contributed by atoms with Crippen molar-refractivity contribution in [1.29, 1.82) is 0 Å². The van der Waals surface area contributed by atoms with Gasteiger partial charge in [-0.15, -0.1) is 0 Å². The monoisotopic (exact) mass is 288 g/mol. The van der Waals surface area contributed by atoms with Gasteiger partial charge in [0.25, 0.3) is 10.0 Å². The zero-order chi connectivity index (χ0) is 14.0. The summed E-state index contributed by atoms with van der Waals surface area (Å²) in [5.41, 5.74) is 0.909. The number of aliphatic hydroxyl groups excluding tert-OH is 1. The van der Waals surface area contributed by atoms with E-state index in [0.29, 0.717) is 11.3 Å². The number of hydrogen-bond acceptors (Lipinski definition) is 5. The molecule has 1 aliphatic heterocycles. The first-order valence-corrected chi connectivity index (χ1v) is 7.78. The highest BCUT2D eigenvalue weighted by molar-refractivity contribution is 7.89. The molecule has 3 N–H and O–H groups in total. The van der Waals surface area contributed by atoms with Crippen molar-refractivity contribution in [3.05, 3.63) is 11.3 Å². The quantitative estimate of drug-likeness (QED) is 0.699. The number of hydrogen-bond donors (Lipinski definition) is 3. The molecule has 0 bridgehead atoms. The maximum absolute atomic E-state index is 12.3. The highest BCUT2D eigenvalue weighted by atomic mass is 32.2. The minimum atomic E-state index is -3.67. The summed E-state index contributed by atoms with van der Waals surface area (Å²) in [6.07, 6.45) is 1.57. The second kappa shape index (κ2) is 5.58. The van der Waals surface area contributed by atoms with Crippen molar-refractivity contribution >= 4 is 10.0 Å². The Balaban J connectivity index is 2.14. The minimum Gasteiger partial charge on any atom is -0.392 e. The Labute approximate surface area is 113 Å². The lowest BCUT2D eigenvalue weighted by Crippen LogP contribution is -2.43. The molecule has 0 spiro atoms. The molecule has 1 aromatic heterocycles. The Morgan fingerprint density at radius 2 is 2.11 bits per heavy atom. The number of rotatable bonds is 4. The molecule has 1 fully saturated rings. The van der Waals surface area contributed by atoms with E-state index in [9.17, 15) is 13.5 Å². The smallest absolute Gasteiger partial charge is 0.260 e. The number of aromatic nitrogens is 2. The molecule has 0 aromatic carbocycles. The van der Waals surface area contributed by atoms with Crippen molar-refractivity contribution in [3.8, 4) is 0 Å². The van der Waals surface area contributed by atoms with E-state index in [0.717, 1.165) is 25.9 Å². The Hall–Kier alpha value is -0.960. The number of aryl methyl sites for hydroxylation is 1. The molecule has 19 heavy (non-hydrogen) atoms. The van der Waals surface area contributed by atoms with Crippen LogP contribution in [0.3, 0.4) is 0 Å². The number of likely N-dealkylation sites (tertiary alicyclic amines) is 1. The van der Waals surface area contributed by atoms with E-state index in [1.54, 1.807) is 6.92 Å². The largest absolute Gasteiger partial charge is 0.392 e. The molecule has 2 rings (SSSR count). The molecule has 0 atom stereocenters. The van der Waals surface area contributed by atoms with Gasteiger partial charge in [-0.05, 0) is 39.9 Å². The molecule has 108 valence electrons. The Kier molecular flexibility index (Phi) is 4.24. The van der Waals surface area contributed by atoms with Gasteiger partial charge >= 0.3 is 0 Å². The van der Waals surface area contributed by atoms with Crippen LogP contribution in [-0.4, -0.2) is 54.8 Å². The third-order valence-corrected chi connectivity index (χ3v) is 4.98. The Morgan fingerprint density at radius 1 is 1.47 bits per heavy atom. The van der Waals surface area contributed by atoms with Crippen LogP contribution in [0.5, 0.6) is 0 Å². The van der Waals surface area contributed by atoms with E-state index < -0.39 is 10.0 Å². The van der Waals surface area contributed by atoms with Crippen molar-refractivity contribution in [2.75, 3.05) is 20.1 Å². The van der Waals surface area contributed by atoms with Gasteiger partial charge in [-0.3, -0.25) is 5.10 Å². The van der Waals surface area contributed by atoms with Crippen LogP contribution in [0.25, 0.3) is 0 Å². The number of sulfonamides is 1. The van der Waals surface area contributed by atoms with Gasteiger partial charge in [0.2, 0.25) is 0 Å². The molecule has 7 nitrogen and oxygen atoms in total. The summed E-state index contributed by atoms with van der Waals surface area (Å²) >= 11 is 0. The fourth-order valence-corrected chi connectivity index (χ4v) is 3.73. The minimum absolute atomic E-state index is 0.0650. The second-order valence-corrected chi connectivity index (χ2v) is 6.62. The summed E-state index contributed by atoms with van der Waals surface area (Å²) in [4.78, 5) is 2.17. The lowest BCUT2D eigenvalue weighted by Gasteiger charge is -2.29. The third kappa shape index (κ3) is 3.14. The van der Waals surface area contributed by atoms with Crippen LogP contribution < -0.4 is 4.72 Å². The van der Waals surface area contributed by atoms with Crippen molar-refractivity contribution in [2.45, 2.75) is 37.4 Å². The van der Waals surface area contributed by atoms with E-state index >= 15 is 0 Å². The van der Waals surface area contributed by atoms with Crippen LogP contribution in [-0.2, 0) is 16.6 Å². The zero-order valence-corrected chi connectivity index (χ0v) is 12.0. The Bertz CT molecular complexity index is 532. The summed E-state index contributed by atoms with van der Waals surface area (Å²) in [5.74, 6) is 0. The average Bonchev–Trinajstić information content (AvgIpc) is 2.74. The molecule has 0 radical (unpaired) electrons. The van der Waals surface area contributed by atoms with E-state index in [4.69, 9.17) is 0 Å². The first-order chi connectivity index (χ1) is 8.94. The average molecular weight is 288 g/mol. The number of nitrogens with zero attached hydrogens (tertiary/aromatic N) is 2. The summed E-state index contributed by atoms with van der Waals surface area (Å²) in [5, 5.41) is 15.5. The second-order valence-electron chi connectivity index (χ2n) is 4.99. The Morgan fingerprint density at radius 3 is 2.68 bits per heavy atom. The molecule has 1 aliphatic rings. The summed E-state index contributed by atoms with van der Waals surface area (Å²) in [6.45, 7) is 3.10. The zero-order valence-electron chi connectivity index (χ0n) is 11.2. The van der Waals surface area contributed by atoms with Crippen LogP contribution in [0.15, 0.2) is 5.03 Å². The SMILES string of the molecule is Cc1[nH]nc(S(=O)(=O)NC2CCN(C)CC2)c1CO. The molecular formula is C11H20N4O3S. The lowest BCUT2D eigenvalue weighted by atomic mass is 10.1. The number of nitrogens with one attached hydrogen (secondary N) is 2. The molecule has 1 saturated heterocycles. The predicted molar refractivity (Wildman–Crippen MR) is 70.1 cm³/mol. The summed E-state index contributed by atoms with van der Waals surface area (Å²) in [6, 6.07) is -0.0650. The van der Waals surface area contributed by atoms with Gasteiger partial charge in [0.05, 0.1) is 6.61 Å². The van der Waals surface area contributed by atoms with E-state index in [2.05, 4.69) is 19.8 Å². The molecule has 0 aliphatic carbocycles. The van der Waals surface area contributed by atoms with Crippen molar-refractivity contribution in [3.63, 3.8) is 0 Å². The highest BCUT2D eigenvalue weighted by Gasteiger charge is 2.27. The van der Waals surface area contributed by atoms with Crippen LogP contribution in [0, 0.1) is 6.92 Å². The molecule has 2 heterocycles.